The molecule has 0 fully saturated rings. The van der Waals surface area contributed by atoms with Crippen molar-refractivity contribution in [2.45, 2.75) is 32.6 Å². The fourth-order valence-corrected chi connectivity index (χ4v) is 2.50. The van der Waals surface area contributed by atoms with E-state index < -0.39 is 5.82 Å². The molecule has 0 bridgehead atoms. The van der Waals surface area contributed by atoms with Gasteiger partial charge >= 0.3 is 0 Å². The first-order chi connectivity index (χ1) is 11.1. The van der Waals surface area contributed by atoms with Crippen molar-refractivity contribution in [3.05, 3.63) is 75.0 Å². The van der Waals surface area contributed by atoms with E-state index in [0.717, 1.165) is 35.2 Å². The third-order valence-electron chi connectivity index (χ3n) is 3.85. The average molecular weight is 314 g/mol. The molecule has 0 aliphatic rings. The van der Waals surface area contributed by atoms with Crippen LogP contribution >= 0.6 is 0 Å². The number of nitrogens with one attached hydrogen (secondary N) is 1. The fraction of sp³-hybridized carbons (Fsp3) is 0.278. The van der Waals surface area contributed by atoms with Crippen molar-refractivity contribution in [3.63, 3.8) is 0 Å². The molecule has 0 radical (unpaired) electrons. The molecule has 1 heterocycles. The zero-order valence-corrected chi connectivity index (χ0v) is 13.1. The number of rotatable bonds is 7. The van der Waals surface area contributed by atoms with E-state index in [4.69, 9.17) is 0 Å². The summed E-state index contributed by atoms with van der Waals surface area (Å²) >= 11 is 0. The van der Waals surface area contributed by atoms with Crippen LogP contribution in [-0.4, -0.2) is 16.5 Å². The Balaban J connectivity index is 2.29. The van der Waals surface area contributed by atoms with Gasteiger partial charge in [-0.2, -0.15) is 5.10 Å². The van der Waals surface area contributed by atoms with Crippen LogP contribution in [0.2, 0.25) is 0 Å². The summed E-state index contributed by atoms with van der Waals surface area (Å²) in [6.07, 6.45) is 5.10. The molecular formula is C18H19FN2O2. The third-order valence-corrected chi connectivity index (χ3v) is 3.85. The molecule has 0 unspecified atom stereocenters. The fourth-order valence-electron chi connectivity index (χ4n) is 2.50. The SMILES string of the molecule is C=CCCCc1c(C)c(Cc2ccc(F)c(C=O)c2)n[nH]c1=O. The first-order valence-corrected chi connectivity index (χ1v) is 7.48. The lowest BCUT2D eigenvalue weighted by Crippen LogP contribution is -2.19. The maximum atomic E-state index is 13.4. The van der Waals surface area contributed by atoms with Gasteiger partial charge in [-0.15, -0.1) is 6.58 Å². The minimum atomic E-state index is -0.542. The highest BCUT2D eigenvalue weighted by Gasteiger charge is 2.12. The molecule has 5 heteroatoms. The Bertz CT molecular complexity index is 781. The van der Waals surface area contributed by atoms with Crippen molar-refractivity contribution in [1.82, 2.24) is 10.2 Å². The molecule has 0 aliphatic heterocycles. The predicted molar refractivity (Wildman–Crippen MR) is 87.3 cm³/mol. The van der Waals surface area contributed by atoms with Crippen LogP contribution in [0.15, 0.2) is 35.6 Å². The van der Waals surface area contributed by atoms with Crippen LogP contribution in [0.1, 0.15) is 45.6 Å². The number of aromatic nitrogens is 2. The van der Waals surface area contributed by atoms with Crippen LogP contribution in [0.25, 0.3) is 0 Å². The summed E-state index contributed by atoms with van der Waals surface area (Å²) in [5, 5.41) is 6.62. The number of carbonyl (C=O) groups excluding carboxylic acids is 1. The lowest BCUT2D eigenvalue weighted by Gasteiger charge is -2.10. The standard InChI is InChI=1S/C18H19FN2O2/c1-3-4-5-6-15-12(2)17(20-21-18(15)23)10-13-7-8-16(19)14(9-13)11-22/h3,7-9,11H,1,4-6,10H2,2H3,(H,21,23). The number of nitrogens with zero attached hydrogens (tertiary/aromatic N) is 1. The number of benzene rings is 1. The summed E-state index contributed by atoms with van der Waals surface area (Å²) in [5.41, 5.74) is 2.90. The van der Waals surface area contributed by atoms with E-state index in [1.807, 2.05) is 13.0 Å². The zero-order valence-electron chi connectivity index (χ0n) is 13.1. The number of hydrogen-bond acceptors (Lipinski definition) is 3. The molecule has 2 rings (SSSR count). The number of hydrogen-bond donors (Lipinski definition) is 1. The number of H-pyrrole nitrogens is 1. The van der Waals surface area contributed by atoms with Gasteiger partial charge in [-0.05, 0) is 49.4 Å². The molecule has 0 aliphatic carbocycles. The first kappa shape index (κ1) is 16.8. The number of carbonyl (C=O) groups is 1. The number of allylic oxidation sites excluding steroid dienone is 1. The molecule has 1 N–H and O–H groups in total. The second kappa shape index (κ2) is 7.63. The monoisotopic (exact) mass is 314 g/mol. The molecule has 4 nitrogen and oxygen atoms in total. The average Bonchev–Trinajstić information content (AvgIpc) is 2.55. The van der Waals surface area contributed by atoms with Gasteiger partial charge in [0.2, 0.25) is 0 Å². The van der Waals surface area contributed by atoms with E-state index in [1.165, 1.54) is 12.1 Å². The van der Waals surface area contributed by atoms with E-state index >= 15 is 0 Å². The molecule has 2 aromatic rings. The van der Waals surface area contributed by atoms with Crippen LogP contribution in [-0.2, 0) is 12.8 Å². The smallest absolute Gasteiger partial charge is 0.267 e. The number of halogens is 1. The summed E-state index contributed by atoms with van der Waals surface area (Å²) < 4.78 is 13.4. The van der Waals surface area contributed by atoms with Gasteiger partial charge in [-0.1, -0.05) is 12.1 Å². The molecule has 0 amide bonds. The van der Waals surface area contributed by atoms with Gasteiger partial charge in [0, 0.05) is 12.0 Å². The summed E-state index contributed by atoms with van der Waals surface area (Å²) in [4.78, 5) is 22.8. The largest absolute Gasteiger partial charge is 0.298 e. The minimum absolute atomic E-state index is 0.0239. The van der Waals surface area contributed by atoms with Gasteiger partial charge in [0.05, 0.1) is 11.3 Å². The van der Waals surface area contributed by atoms with E-state index in [9.17, 15) is 14.0 Å². The van der Waals surface area contributed by atoms with Gasteiger partial charge < -0.3 is 0 Å². The molecule has 1 aromatic heterocycles. The Labute approximate surface area is 134 Å². The Morgan fingerprint density at radius 1 is 1.39 bits per heavy atom. The molecule has 23 heavy (non-hydrogen) atoms. The number of unbranched alkanes of at least 4 members (excludes halogenated alkanes) is 1. The second-order valence-electron chi connectivity index (χ2n) is 5.43. The quantitative estimate of drug-likeness (QED) is 0.485. The van der Waals surface area contributed by atoms with Crippen molar-refractivity contribution in [2.75, 3.05) is 0 Å². The highest BCUT2D eigenvalue weighted by atomic mass is 19.1. The molecule has 120 valence electrons. The molecule has 0 saturated heterocycles. The van der Waals surface area contributed by atoms with Crippen molar-refractivity contribution in [2.24, 2.45) is 0 Å². The molecule has 0 spiro atoms. The first-order valence-electron chi connectivity index (χ1n) is 7.48. The van der Waals surface area contributed by atoms with E-state index in [1.54, 1.807) is 6.07 Å². The summed E-state index contributed by atoms with van der Waals surface area (Å²) in [5.74, 6) is -0.542. The predicted octanol–water partition coefficient (Wildman–Crippen LogP) is 3.13. The summed E-state index contributed by atoms with van der Waals surface area (Å²) in [7, 11) is 0. The van der Waals surface area contributed by atoms with Gasteiger partial charge in [0.15, 0.2) is 6.29 Å². The van der Waals surface area contributed by atoms with Gasteiger partial charge in [0.25, 0.3) is 5.56 Å². The Morgan fingerprint density at radius 3 is 2.87 bits per heavy atom. The van der Waals surface area contributed by atoms with Gasteiger partial charge in [0.1, 0.15) is 5.82 Å². The van der Waals surface area contributed by atoms with Crippen LogP contribution in [0.4, 0.5) is 4.39 Å². The normalized spacial score (nSPS) is 10.5. The van der Waals surface area contributed by atoms with Crippen molar-refractivity contribution >= 4 is 6.29 Å². The number of aldehydes is 1. The zero-order chi connectivity index (χ0) is 16.8. The Kier molecular flexibility index (Phi) is 5.57. The van der Waals surface area contributed by atoms with Crippen molar-refractivity contribution in [3.8, 4) is 0 Å². The van der Waals surface area contributed by atoms with Crippen LogP contribution < -0.4 is 5.56 Å². The van der Waals surface area contributed by atoms with E-state index in [2.05, 4.69) is 16.8 Å². The summed E-state index contributed by atoms with van der Waals surface area (Å²) in [6, 6.07) is 4.39. The Hall–Kier alpha value is -2.56. The Morgan fingerprint density at radius 2 is 2.17 bits per heavy atom. The van der Waals surface area contributed by atoms with E-state index in [-0.39, 0.29) is 11.1 Å². The third kappa shape index (κ3) is 4.00. The van der Waals surface area contributed by atoms with E-state index in [0.29, 0.717) is 19.1 Å². The molecule has 1 aromatic carbocycles. The topological polar surface area (TPSA) is 62.8 Å². The summed E-state index contributed by atoms with van der Waals surface area (Å²) in [6.45, 7) is 5.54. The lowest BCUT2D eigenvalue weighted by atomic mass is 9.99. The van der Waals surface area contributed by atoms with Crippen LogP contribution in [0.5, 0.6) is 0 Å². The van der Waals surface area contributed by atoms with Crippen molar-refractivity contribution < 1.29 is 9.18 Å². The van der Waals surface area contributed by atoms with Crippen LogP contribution in [0.3, 0.4) is 0 Å². The maximum Gasteiger partial charge on any atom is 0.267 e. The molecular weight excluding hydrogens is 295 g/mol. The highest BCUT2D eigenvalue weighted by Crippen LogP contribution is 2.16. The molecule has 0 saturated carbocycles. The highest BCUT2D eigenvalue weighted by molar-refractivity contribution is 5.75. The van der Waals surface area contributed by atoms with Crippen LogP contribution in [0, 0.1) is 12.7 Å². The lowest BCUT2D eigenvalue weighted by molar-refractivity contribution is 0.111. The number of aromatic amines is 1. The van der Waals surface area contributed by atoms with Gasteiger partial charge in [-0.25, -0.2) is 9.49 Å². The molecule has 0 atom stereocenters. The van der Waals surface area contributed by atoms with Crippen molar-refractivity contribution in [1.29, 1.82) is 0 Å². The maximum absolute atomic E-state index is 13.4. The minimum Gasteiger partial charge on any atom is -0.298 e. The second-order valence-corrected chi connectivity index (χ2v) is 5.43. The van der Waals surface area contributed by atoms with Gasteiger partial charge in [-0.3, -0.25) is 9.59 Å².